The molecule has 2 heterocycles. The van der Waals surface area contributed by atoms with Gasteiger partial charge in [-0.15, -0.1) is 0 Å². The fraction of sp³-hybridized carbons (Fsp3) is 0.938. The van der Waals surface area contributed by atoms with E-state index in [9.17, 15) is 68.6 Å². The number of aliphatic hydroxyl groups excluding tert-OH is 5. The molecule has 0 bridgehead atoms. The van der Waals surface area contributed by atoms with E-state index in [1.165, 1.54) is 25.7 Å². The molecule has 0 aliphatic carbocycles. The third kappa shape index (κ3) is 28.4. The van der Waals surface area contributed by atoms with Crippen molar-refractivity contribution in [1.29, 1.82) is 0 Å². The first-order valence-corrected chi connectivity index (χ1v) is 29.8. The maximum Gasteiger partial charge on any atom is 0.472 e. The molecule has 2 rings (SSSR count). The van der Waals surface area contributed by atoms with Crippen LogP contribution >= 0.6 is 15.6 Å². The maximum absolute atomic E-state index is 13.8. The zero-order chi connectivity index (χ0) is 53.5. The minimum Gasteiger partial charge on any atom is -0.462 e. The molecular formula is C48H92N2O20P2. The highest BCUT2D eigenvalue weighted by Gasteiger charge is 2.52. The predicted octanol–water partition coefficient (Wildman–Crippen LogP) is 5.34. The molecule has 0 unspecified atom stereocenters. The Morgan fingerprint density at radius 2 is 1.00 bits per heavy atom. The summed E-state index contributed by atoms with van der Waals surface area (Å²) in [5.41, 5.74) is 0. The molecule has 2 aliphatic heterocycles. The quantitative estimate of drug-likeness (QED) is 0.0209. The van der Waals surface area contributed by atoms with Gasteiger partial charge in [0.25, 0.3) is 0 Å². The van der Waals surface area contributed by atoms with Gasteiger partial charge in [-0.2, -0.15) is 0 Å². The minimum absolute atomic E-state index is 0.152. The van der Waals surface area contributed by atoms with Gasteiger partial charge in [-0.1, -0.05) is 156 Å². The number of carbonyl (C=O) groups is 3. The van der Waals surface area contributed by atoms with E-state index in [1.807, 2.05) is 0 Å². The number of amides is 2. The summed E-state index contributed by atoms with van der Waals surface area (Å²) in [6.45, 7) is 4.57. The Labute approximate surface area is 426 Å². The number of unbranched alkanes of at least 4 members (excludes halogenated alkanes) is 20. The van der Waals surface area contributed by atoms with E-state index in [-0.39, 0.29) is 6.42 Å². The Kier molecular flexibility index (Phi) is 34.3. The molecule has 11 N–H and O–H groups in total. The van der Waals surface area contributed by atoms with Crippen molar-refractivity contribution >= 4 is 33.4 Å². The van der Waals surface area contributed by atoms with Gasteiger partial charge in [0.2, 0.25) is 11.8 Å². The SMILES string of the molecule is CCCCCCCCCCCC(=O)O[C@H](CCCCCCCCC)CC(=O)N[C@H]1[C@H](OC[C@H]2O[C@H](OP(=O)(O)O)[C@H](NC(=O)C[C@H](O)CCCCCCCCC)[C@@H](O)[C@@H]2O)O[C@H](CO)[C@@H](OP(=O)(O)O)[C@@H]1O. The van der Waals surface area contributed by atoms with Crippen molar-refractivity contribution in [1.82, 2.24) is 10.6 Å². The van der Waals surface area contributed by atoms with Crippen LogP contribution in [0.2, 0.25) is 0 Å². The second-order valence-electron chi connectivity index (χ2n) is 19.5. The molecule has 2 saturated heterocycles. The van der Waals surface area contributed by atoms with E-state index >= 15 is 0 Å². The standard InChI is InChI=1S/C48H92N2O20P2/c1-4-7-10-13-16-17-20-23-26-29-40(55)66-35(28-25-22-19-15-12-9-6-3)31-39(54)50-42-45(58)46(69-71(59,60)61)36(32-51)67-47(42)65-33-37-43(56)44(57)41(48(68-37)70-72(62,63)64)49-38(53)30-34(52)27-24-21-18-14-11-8-5-2/h34-37,41-48,51-52,56-58H,4-33H2,1-3H3,(H,49,53)(H,50,54)(H2,59,60,61)(H2,62,63,64)/t34-,35-,36-,37-,41-,42-,43-,44-,45-,46-,47-,48-/m1/s1. The van der Waals surface area contributed by atoms with Gasteiger partial charge in [0.1, 0.15) is 54.8 Å². The summed E-state index contributed by atoms with van der Waals surface area (Å²) in [4.78, 5) is 78.7. The van der Waals surface area contributed by atoms with Crippen molar-refractivity contribution in [3.63, 3.8) is 0 Å². The molecule has 2 amide bonds. The highest BCUT2D eigenvalue weighted by atomic mass is 31.2. The number of aliphatic hydroxyl groups is 5. The Morgan fingerprint density at radius 1 is 0.556 bits per heavy atom. The largest absolute Gasteiger partial charge is 0.472 e. The summed E-state index contributed by atoms with van der Waals surface area (Å²) in [6.07, 6.45) is 5.73. The van der Waals surface area contributed by atoms with Gasteiger partial charge in [0.05, 0.1) is 32.2 Å². The van der Waals surface area contributed by atoms with E-state index in [0.717, 1.165) is 103 Å². The molecule has 0 aromatic rings. The van der Waals surface area contributed by atoms with Crippen LogP contribution < -0.4 is 10.6 Å². The van der Waals surface area contributed by atoms with Gasteiger partial charge < -0.3 is 74.7 Å². The van der Waals surface area contributed by atoms with Crippen LogP contribution in [0.25, 0.3) is 0 Å². The highest BCUT2D eigenvalue weighted by molar-refractivity contribution is 7.46. The first-order valence-electron chi connectivity index (χ1n) is 26.7. The second-order valence-corrected chi connectivity index (χ2v) is 21.9. The molecule has 424 valence electrons. The third-order valence-electron chi connectivity index (χ3n) is 13.0. The fourth-order valence-electron chi connectivity index (χ4n) is 9.00. The molecule has 0 saturated carbocycles. The summed E-state index contributed by atoms with van der Waals surface area (Å²) in [7, 11) is -10.8. The van der Waals surface area contributed by atoms with Crippen LogP contribution in [0.4, 0.5) is 0 Å². The molecule has 0 aromatic carbocycles. The van der Waals surface area contributed by atoms with Crippen molar-refractivity contribution in [3.05, 3.63) is 0 Å². The zero-order valence-corrected chi connectivity index (χ0v) is 44.8. The van der Waals surface area contributed by atoms with Crippen LogP contribution in [0.1, 0.15) is 201 Å². The summed E-state index contributed by atoms with van der Waals surface area (Å²) in [6, 6.07) is -3.51. The van der Waals surface area contributed by atoms with Gasteiger partial charge in [0.15, 0.2) is 12.6 Å². The number of nitrogens with one attached hydrogen (secondary N) is 2. The number of carbonyl (C=O) groups excluding carboxylic acids is 3. The Balaban J connectivity index is 2.23. The summed E-state index contributed by atoms with van der Waals surface area (Å²) in [5, 5.41) is 59.4. The first kappa shape index (κ1) is 66.4. The van der Waals surface area contributed by atoms with E-state index in [2.05, 4.69) is 31.4 Å². The lowest BCUT2D eigenvalue weighted by atomic mass is 9.95. The van der Waals surface area contributed by atoms with Crippen LogP contribution in [0, 0.1) is 0 Å². The maximum atomic E-state index is 13.8. The van der Waals surface area contributed by atoms with Crippen LogP contribution in [0.3, 0.4) is 0 Å². The molecule has 0 spiro atoms. The second kappa shape index (κ2) is 37.1. The van der Waals surface area contributed by atoms with Crippen LogP contribution in [-0.2, 0) is 51.5 Å². The number of phosphoric acid groups is 2. The van der Waals surface area contributed by atoms with Crippen molar-refractivity contribution in [3.8, 4) is 0 Å². The lowest BCUT2D eigenvalue weighted by Gasteiger charge is -2.45. The van der Waals surface area contributed by atoms with E-state index < -0.39 is 133 Å². The van der Waals surface area contributed by atoms with E-state index in [4.69, 9.17) is 28.0 Å². The van der Waals surface area contributed by atoms with E-state index in [0.29, 0.717) is 32.1 Å². The van der Waals surface area contributed by atoms with Gasteiger partial charge in [0, 0.05) is 6.42 Å². The van der Waals surface area contributed by atoms with Gasteiger partial charge in [-0.25, -0.2) is 9.13 Å². The van der Waals surface area contributed by atoms with Crippen molar-refractivity contribution in [2.45, 2.75) is 274 Å². The molecule has 22 nitrogen and oxygen atoms in total. The van der Waals surface area contributed by atoms with Gasteiger partial charge >= 0.3 is 21.6 Å². The van der Waals surface area contributed by atoms with Crippen molar-refractivity contribution < 1.29 is 96.6 Å². The van der Waals surface area contributed by atoms with Gasteiger partial charge in [-0.05, 0) is 25.7 Å². The topological polar surface area (TPSA) is 347 Å². The molecule has 2 fully saturated rings. The molecule has 0 radical (unpaired) electrons. The lowest BCUT2D eigenvalue weighted by molar-refractivity contribution is -0.294. The van der Waals surface area contributed by atoms with Crippen LogP contribution in [0.5, 0.6) is 0 Å². The molecule has 24 heteroatoms. The summed E-state index contributed by atoms with van der Waals surface area (Å²) >= 11 is 0. The average molecular weight is 1080 g/mol. The number of rotatable bonds is 41. The zero-order valence-electron chi connectivity index (χ0n) is 43.1. The Morgan fingerprint density at radius 3 is 1.50 bits per heavy atom. The summed E-state index contributed by atoms with van der Waals surface area (Å²) < 4.78 is 56.6. The summed E-state index contributed by atoms with van der Waals surface area (Å²) in [5.74, 6) is -2.12. The van der Waals surface area contributed by atoms with Gasteiger partial charge in [-0.3, -0.25) is 23.4 Å². The van der Waals surface area contributed by atoms with Crippen LogP contribution in [0.15, 0.2) is 0 Å². The first-order chi connectivity index (χ1) is 34.2. The molecule has 0 aromatic heterocycles. The van der Waals surface area contributed by atoms with Crippen LogP contribution in [-0.4, -0.2) is 150 Å². The third-order valence-corrected chi connectivity index (χ3v) is 14.0. The monoisotopic (exact) mass is 1080 g/mol. The fourth-order valence-corrected chi connectivity index (χ4v) is 10.0. The smallest absolute Gasteiger partial charge is 0.462 e. The van der Waals surface area contributed by atoms with E-state index in [1.54, 1.807) is 0 Å². The molecule has 2 aliphatic rings. The number of phosphoric ester groups is 2. The number of hydrogen-bond acceptors (Lipinski definition) is 16. The Bertz CT molecular complexity index is 1570. The predicted molar refractivity (Wildman–Crippen MR) is 264 cm³/mol. The minimum atomic E-state index is -5.41. The highest BCUT2D eigenvalue weighted by Crippen LogP contribution is 2.43. The number of esters is 1. The molecular weight excluding hydrogens is 986 g/mol. The van der Waals surface area contributed by atoms with Crippen molar-refractivity contribution in [2.24, 2.45) is 0 Å². The molecule has 12 atom stereocenters. The lowest BCUT2D eigenvalue weighted by Crippen LogP contribution is -2.67. The number of ether oxygens (including phenoxy) is 4. The molecule has 72 heavy (non-hydrogen) atoms. The normalized spacial score (nSPS) is 25.7. The Hall–Kier alpha value is -1.69. The van der Waals surface area contributed by atoms with Crippen molar-refractivity contribution in [2.75, 3.05) is 13.2 Å². The number of hydrogen-bond donors (Lipinski definition) is 11. The average Bonchev–Trinajstić information content (AvgIpc) is 3.30.